The van der Waals surface area contributed by atoms with E-state index in [1.165, 1.54) is 6.92 Å². The van der Waals surface area contributed by atoms with E-state index in [0.717, 1.165) is 22.9 Å². The van der Waals surface area contributed by atoms with Gasteiger partial charge in [-0.25, -0.2) is 8.42 Å². The molecule has 0 saturated heterocycles. The van der Waals surface area contributed by atoms with Gasteiger partial charge in [-0.1, -0.05) is 23.1 Å². The van der Waals surface area contributed by atoms with Gasteiger partial charge < -0.3 is 14.7 Å². The lowest BCUT2D eigenvalue weighted by Gasteiger charge is -2.27. The fourth-order valence-corrected chi connectivity index (χ4v) is 3.86. The van der Waals surface area contributed by atoms with Crippen molar-refractivity contribution >= 4 is 21.5 Å². The molecule has 158 valence electrons. The molecular formula is C21H27NO6S. The third kappa shape index (κ3) is 5.37. The van der Waals surface area contributed by atoms with Crippen LogP contribution in [-0.2, 0) is 24.2 Å². The maximum atomic E-state index is 12.3. The first kappa shape index (κ1) is 22.9. The minimum atomic E-state index is -3.72. The zero-order valence-electron chi connectivity index (χ0n) is 17.2. The Kier molecular flexibility index (Phi) is 7.44. The molecule has 0 fully saturated rings. The van der Waals surface area contributed by atoms with Gasteiger partial charge in [0.1, 0.15) is 6.10 Å². The first-order valence-electron chi connectivity index (χ1n) is 9.42. The predicted molar refractivity (Wildman–Crippen MR) is 110 cm³/mol. The monoisotopic (exact) mass is 421 g/mol. The summed E-state index contributed by atoms with van der Waals surface area (Å²) in [6, 6.07) is 5.69. The number of nitrogens with zero attached hydrogens (tertiary/aromatic N) is 1. The summed E-state index contributed by atoms with van der Waals surface area (Å²) < 4.78 is 27.8. The number of oxime groups is 1. The van der Waals surface area contributed by atoms with Crippen molar-refractivity contribution in [2.24, 2.45) is 5.16 Å². The van der Waals surface area contributed by atoms with Crippen LogP contribution in [0.5, 0.6) is 0 Å². The number of ether oxygens (including phenoxy) is 1. The van der Waals surface area contributed by atoms with E-state index in [9.17, 15) is 13.2 Å². The molecule has 0 amide bonds. The molecule has 29 heavy (non-hydrogen) atoms. The molecule has 7 nitrogen and oxygen atoms in total. The molecular weight excluding hydrogens is 394 g/mol. The van der Waals surface area contributed by atoms with Gasteiger partial charge in [-0.3, -0.25) is 4.79 Å². The molecule has 0 bridgehead atoms. The van der Waals surface area contributed by atoms with E-state index in [2.05, 4.69) is 17.0 Å². The van der Waals surface area contributed by atoms with Crippen LogP contribution in [0.2, 0.25) is 0 Å². The Morgan fingerprint density at radius 1 is 1.45 bits per heavy atom. The van der Waals surface area contributed by atoms with Crippen LogP contribution in [0.4, 0.5) is 0 Å². The van der Waals surface area contributed by atoms with E-state index in [0.29, 0.717) is 18.6 Å². The summed E-state index contributed by atoms with van der Waals surface area (Å²) in [5, 5.41) is 12.9. The minimum Gasteiger partial charge on any atom is -0.465 e. The largest absolute Gasteiger partial charge is 0.465 e. The van der Waals surface area contributed by atoms with Crippen molar-refractivity contribution in [3.05, 3.63) is 34.9 Å². The number of benzene rings is 1. The molecule has 0 saturated carbocycles. The third-order valence-corrected chi connectivity index (χ3v) is 6.87. The highest BCUT2D eigenvalue weighted by Gasteiger charge is 2.48. The highest BCUT2D eigenvalue weighted by Crippen LogP contribution is 2.30. The maximum Gasteiger partial charge on any atom is 0.327 e. The van der Waals surface area contributed by atoms with Crippen LogP contribution < -0.4 is 0 Å². The number of sulfone groups is 1. The molecule has 1 N–H and O–H groups in total. The number of carbonyl (C=O) groups excluding carboxylic acids is 1. The first-order chi connectivity index (χ1) is 13.6. The van der Waals surface area contributed by atoms with E-state index in [-0.39, 0.29) is 19.6 Å². The second kappa shape index (κ2) is 9.42. The van der Waals surface area contributed by atoms with Crippen molar-refractivity contribution in [1.29, 1.82) is 0 Å². The van der Waals surface area contributed by atoms with Crippen LogP contribution in [-0.4, -0.2) is 55.5 Å². The highest BCUT2D eigenvalue weighted by molar-refractivity contribution is 7.92. The Labute approximate surface area is 172 Å². The summed E-state index contributed by atoms with van der Waals surface area (Å²) in [5.74, 6) is 5.13. The molecule has 2 atom stereocenters. The van der Waals surface area contributed by atoms with Crippen LogP contribution in [0.3, 0.4) is 0 Å². The average Bonchev–Trinajstić information content (AvgIpc) is 3.10. The second-order valence-electron chi connectivity index (χ2n) is 7.20. The van der Waals surface area contributed by atoms with Crippen molar-refractivity contribution in [2.45, 2.75) is 50.9 Å². The first-order valence-corrected chi connectivity index (χ1v) is 11.3. The second-order valence-corrected chi connectivity index (χ2v) is 9.65. The Morgan fingerprint density at radius 3 is 2.76 bits per heavy atom. The number of hydrogen-bond acceptors (Lipinski definition) is 7. The summed E-state index contributed by atoms with van der Waals surface area (Å²) in [6.45, 7) is 5.06. The standard InChI is InChI=1S/C21H27NO6S/c1-5-27-20(24)21(3,29(4,25)26)14-18-13-19(22-28-18)17-10-9-16(15(2)12-17)8-6-7-11-23/h9-10,12,18,23H,5,7,11,13-14H2,1-4H3/t18?,21-/m1/s1. The molecule has 1 aliphatic rings. The number of carbonyl (C=O) groups is 1. The highest BCUT2D eigenvalue weighted by atomic mass is 32.2. The third-order valence-electron chi connectivity index (χ3n) is 4.90. The Bertz CT molecular complexity index is 957. The summed E-state index contributed by atoms with van der Waals surface area (Å²) in [5.41, 5.74) is 3.37. The van der Waals surface area contributed by atoms with Crippen molar-refractivity contribution in [3.63, 3.8) is 0 Å². The number of hydrogen-bond donors (Lipinski definition) is 1. The molecule has 1 unspecified atom stereocenters. The van der Waals surface area contributed by atoms with Gasteiger partial charge in [0.15, 0.2) is 14.6 Å². The fraction of sp³-hybridized carbons (Fsp3) is 0.524. The Balaban J connectivity index is 2.14. The Hall–Kier alpha value is -2.37. The van der Waals surface area contributed by atoms with Crippen molar-refractivity contribution in [3.8, 4) is 11.8 Å². The lowest BCUT2D eigenvalue weighted by atomic mass is 9.95. The van der Waals surface area contributed by atoms with Gasteiger partial charge in [-0.05, 0) is 44.0 Å². The number of rotatable bonds is 7. The molecule has 1 heterocycles. The number of aliphatic hydroxyl groups excluding tert-OH is 1. The van der Waals surface area contributed by atoms with Crippen LogP contribution in [0.1, 0.15) is 49.8 Å². The number of aliphatic hydroxyl groups is 1. The normalized spacial score (nSPS) is 18.1. The van der Waals surface area contributed by atoms with Gasteiger partial charge in [0.05, 0.1) is 18.9 Å². The maximum absolute atomic E-state index is 12.3. The van der Waals surface area contributed by atoms with E-state index in [1.807, 2.05) is 25.1 Å². The van der Waals surface area contributed by atoms with Crippen LogP contribution in [0.15, 0.2) is 23.4 Å². The van der Waals surface area contributed by atoms with Gasteiger partial charge in [0, 0.05) is 31.1 Å². The zero-order valence-corrected chi connectivity index (χ0v) is 18.0. The van der Waals surface area contributed by atoms with Crippen LogP contribution in [0.25, 0.3) is 0 Å². The molecule has 0 aromatic heterocycles. The van der Waals surface area contributed by atoms with Gasteiger partial charge in [-0.15, -0.1) is 0 Å². The van der Waals surface area contributed by atoms with Gasteiger partial charge in [-0.2, -0.15) is 0 Å². The van der Waals surface area contributed by atoms with Crippen molar-refractivity contribution < 1.29 is 27.9 Å². The number of aryl methyl sites for hydroxylation is 1. The molecule has 0 spiro atoms. The smallest absolute Gasteiger partial charge is 0.327 e. The molecule has 8 heteroatoms. The number of esters is 1. The molecule has 1 aromatic rings. The topological polar surface area (TPSA) is 102 Å². The van der Waals surface area contributed by atoms with Crippen LogP contribution >= 0.6 is 0 Å². The average molecular weight is 422 g/mol. The lowest BCUT2D eigenvalue weighted by molar-refractivity contribution is -0.146. The van der Waals surface area contributed by atoms with Gasteiger partial charge >= 0.3 is 5.97 Å². The minimum absolute atomic E-state index is 0.0257. The zero-order chi connectivity index (χ0) is 21.7. The van der Waals surface area contributed by atoms with E-state index in [1.54, 1.807) is 6.92 Å². The van der Waals surface area contributed by atoms with Crippen molar-refractivity contribution in [2.75, 3.05) is 19.5 Å². The van der Waals surface area contributed by atoms with E-state index in [4.69, 9.17) is 14.7 Å². The molecule has 0 aliphatic carbocycles. The summed E-state index contributed by atoms with van der Waals surface area (Å²) in [6.07, 6.45) is 1.25. The Morgan fingerprint density at radius 2 is 2.17 bits per heavy atom. The fourth-order valence-electron chi connectivity index (χ4n) is 3.01. The summed E-state index contributed by atoms with van der Waals surface area (Å²) >= 11 is 0. The summed E-state index contributed by atoms with van der Waals surface area (Å²) in [7, 11) is -3.72. The van der Waals surface area contributed by atoms with Crippen LogP contribution in [0, 0.1) is 18.8 Å². The molecule has 1 aromatic carbocycles. The molecule has 0 radical (unpaired) electrons. The SMILES string of the molecule is CCOC(=O)[C@@](C)(CC1CC(c2ccc(C#CCCO)c(C)c2)=NO1)S(C)(=O)=O. The van der Waals surface area contributed by atoms with E-state index >= 15 is 0 Å². The quantitative estimate of drug-likeness (QED) is 0.534. The summed E-state index contributed by atoms with van der Waals surface area (Å²) in [4.78, 5) is 17.8. The molecule has 1 aliphatic heterocycles. The molecule has 2 rings (SSSR count). The lowest BCUT2D eigenvalue weighted by Crippen LogP contribution is -2.47. The predicted octanol–water partition coefficient (Wildman–Crippen LogP) is 1.98. The van der Waals surface area contributed by atoms with Gasteiger partial charge in [0.2, 0.25) is 0 Å². The van der Waals surface area contributed by atoms with E-state index < -0.39 is 26.7 Å². The van der Waals surface area contributed by atoms with Gasteiger partial charge in [0.25, 0.3) is 0 Å². The van der Waals surface area contributed by atoms with Crippen molar-refractivity contribution in [1.82, 2.24) is 0 Å².